The van der Waals surface area contributed by atoms with Gasteiger partial charge < -0.3 is 25.2 Å². The highest BCUT2D eigenvalue weighted by atomic mass is 16.5. The van der Waals surface area contributed by atoms with Crippen molar-refractivity contribution < 1.29 is 29.0 Å². The number of rotatable bonds is 12. The molecule has 0 aromatic heterocycles. The Morgan fingerprint density at radius 2 is 1.47 bits per heavy atom. The molecule has 0 heterocycles. The van der Waals surface area contributed by atoms with Crippen LogP contribution >= 0.6 is 0 Å². The molecule has 198 valence electrons. The molecule has 2 unspecified atom stereocenters. The lowest BCUT2D eigenvalue weighted by Gasteiger charge is -2.21. The van der Waals surface area contributed by atoms with Crippen molar-refractivity contribution in [3.05, 3.63) is 95.6 Å². The van der Waals surface area contributed by atoms with Gasteiger partial charge in [-0.2, -0.15) is 0 Å². The molecule has 0 fully saturated rings. The van der Waals surface area contributed by atoms with E-state index in [4.69, 9.17) is 14.6 Å². The molecule has 2 amide bonds. The van der Waals surface area contributed by atoms with Gasteiger partial charge in [-0.05, 0) is 41.2 Å². The lowest BCUT2D eigenvalue weighted by Crippen LogP contribution is -2.50. The molecule has 0 saturated heterocycles. The topological polar surface area (TPSA) is 114 Å². The minimum absolute atomic E-state index is 0.0665. The normalized spacial score (nSPS) is 13.6. The van der Waals surface area contributed by atoms with Crippen LogP contribution in [0.3, 0.4) is 0 Å². The highest BCUT2D eigenvalue weighted by Gasteiger charge is 2.30. The summed E-state index contributed by atoms with van der Waals surface area (Å²) in [4.78, 5) is 36.8. The van der Waals surface area contributed by atoms with Gasteiger partial charge in [-0.1, -0.05) is 78.9 Å². The lowest BCUT2D eigenvalue weighted by molar-refractivity contribution is -0.137. The molecule has 1 aliphatic rings. The van der Waals surface area contributed by atoms with Crippen molar-refractivity contribution in [2.24, 2.45) is 0 Å². The van der Waals surface area contributed by atoms with Crippen molar-refractivity contribution in [2.75, 3.05) is 13.2 Å². The van der Waals surface area contributed by atoms with Crippen LogP contribution in [0.15, 0.2) is 78.9 Å². The van der Waals surface area contributed by atoms with Gasteiger partial charge in [-0.15, -0.1) is 0 Å². The fraction of sp³-hybridized carbons (Fsp3) is 0.300. The van der Waals surface area contributed by atoms with Crippen LogP contribution < -0.4 is 10.6 Å². The maximum absolute atomic E-state index is 12.9. The molecular formula is C30H32N2O6. The first-order valence-corrected chi connectivity index (χ1v) is 12.7. The van der Waals surface area contributed by atoms with Crippen LogP contribution in [0.25, 0.3) is 11.1 Å². The van der Waals surface area contributed by atoms with Crippen LogP contribution in [0.2, 0.25) is 0 Å². The van der Waals surface area contributed by atoms with Crippen LogP contribution in [-0.4, -0.2) is 48.4 Å². The summed E-state index contributed by atoms with van der Waals surface area (Å²) >= 11 is 0. The highest BCUT2D eigenvalue weighted by Crippen LogP contribution is 2.44. The van der Waals surface area contributed by atoms with E-state index in [2.05, 4.69) is 10.6 Å². The largest absolute Gasteiger partial charge is 0.481 e. The van der Waals surface area contributed by atoms with E-state index in [-0.39, 0.29) is 38.0 Å². The average molecular weight is 517 g/mol. The van der Waals surface area contributed by atoms with E-state index in [0.717, 1.165) is 27.8 Å². The van der Waals surface area contributed by atoms with E-state index in [9.17, 15) is 14.4 Å². The molecule has 3 aromatic carbocycles. The SMILES string of the molecule is CC(COCc1ccccc1)NC(=O)C(CCC(=O)O)NC(=O)OCC1c2ccccc2-c2ccccc21. The first-order chi connectivity index (χ1) is 18.4. The number of aliphatic carboxylic acids is 1. The zero-order chi connectivity index (χ0) is 26.9. The van der Waals surface area contributed by atoms with E-state index in [1.807, 2.05) is 78.9 Å². The van der Waals surface area contributed by atoms with Crippen LogP contribution in [-0.2, 0) is 25.7 Å². The van der Waals surface area contributed by atoms with E-state index in [1.54, 1.807) is 6.92 Å². The fourth-order valence-corrected chi connectivity index (χ4v) is 4.63. The number of nitrogens with one attached hydrogen (secondary N) is 2. The molecule has 0 aliphatic heterocycles. The molecule has 3 N–H and O–H groups in total. The predicted octanol–water partition coefficient (Wildman–Crippen LogP) is 4.48. The van der Waals surface area contributed by atoms with Gasteiger partial charge in [-0.25, -0.2) is 4.79 Å². The summed E-state index contributed by atoms with van der Waals surface area (Å²) in [7, 11) is 0. The van der Waals surface area contributed by atoms with Crippen molar-refractivity contribution in [1.29, 1.82) is 0 Å². The highest BCUT2D eigenvalue weighted by molar-refractivity contribution is 5.86. The molecule has 0 saturated carbocycles. The summed E-state index contributed by atoms with van der Waals surface area (Å²) in [5, 5.41) is 14.5. The molecule has 1 aliphatic carbocycles. The number of carbonyl (C=O) groups is 3. The third-order valence-electron chi connectivity index (χ3n) is 6.47. The molecule has 2 atom stereocenters. The van der Waals surface area contributed by atoms with Gasteiger partial charge in [-0.3, -0.25) is 9.59 Å². The molecule has 8 nitrogen and oxygen atoms in total. The minimum Gasteiger partial charge on any atom is -0.481 e. The Labute approximate surface area is 222 Å². The summed E-state index contributed by atoms with van der Waals surface area (Å²) in [6, 6.07) is 24.3. The zero-order valence-electron chi connectivity index (χ0n) is 21.3. The molecule has 3 aromatic rings. The molecule has 0 radical (unpaired) electrons. The fourth-order valence-electron chi connectivity index (χ4n) is 4.63. The van der Waals surface area contributed by atoms with Gasteiger partial charge in [0.05, 0.1) is 13.2 Å². The molecule has 4 rings (SSSR count). The van der Waals surface area contributed by atoms with Gasteiger partial charge in [0.1, 0.15) is 12.6 Å². The molecule has 8 heteroatoms. The summed E-state index contributed by atoms with van der Waals surface area (Å²) in [5.74, 6) is -1.67. The maximum Gasteiger partial charge on any atom is 0.407 e. The third-order valence-corrected chi connectivity index (χ3v) is 6.47. The second-order valence-corrected chi connectivity index (χ2v) is 9.37. The average Bonchev–Trinajstić information content (AvgIpc) is 3.24. The van der Waals surface area contributed by atoms with Crippen molar-refractivity contribution >= 4 is 18.0 Å². The van der Waals surface area contributed by atoms with Gasteiger partial charge >= 0.3 is 12.1 Å². The van der Waals surface area contributed by atoms with E-state index < -0.39 is 24.0 Å². The second-order valence-electron chi connectivity index (χ2n) is 9.37. The zero-order valence-corrected chi connectivity index (χ0v) is 21.3. The number of carboxylic acids is 1. The first kappa shape index (κ1) is 26.9. The van der Waals surface area contributed by atoms with Gasteiger partial charge in [0, 0.05) is 18.4 Å². The monoisotopic (exact) mass is 516 g/mol. The molecule has 0 spiro atoms. The summed E-state index contributed by atoms with van der Waals surface area (Å²) < 4.78 is 11.2. The van der Waals surface area contributed by atoms with Crippen LogP contribution in [0.4, 0.5) is 4.79 Å². The molecule has 38 heavy (non-hydrogen) atoms. The predicted molar refractivity (Wildman–Crippen MR) is 143 cm³/mol. The van der Waals surface area contributed by atoms with Crippen molar-refractivity contribution in [1.82, 2.24) is 10.6 Å². The standard InChI is InChI=1S/C30H32N2O6/c1-20(17-37-18-21-9-3-2-4-10-21)31-29(35)27(15-16-28(33)34)32-30(36)38-19-26-24-13-7-5-11-22(24)23-12-6-8-14-25(23)26/h2-14,20,26-27H,15-19H2,1H3,(H,31,35)(H,32,36)(H,33,34). The smallest absolute Gasteiger partial charge is 0.407 e. The van der Waals surface area contributed by atoms with Gasteiger partial charge in [0.25, 0.3) is 0 Å². The van der Waals surface area contributed by atoms with Crippen molar-refractivity contribution in [2.45, 2.75) is 44.4 Å². The van der Waals surface area contributed by atoms with E-state index in [0.29, 0.717) is 6.61 Å². The number of ether oxygens (including phenoxy) is 2. The van der Waals surface area contributed by atoms with E-state index in [1.165, 1.54) is 0 Å². The van der Waals surface area contributed by atoms with Crippen molar-refractivity contribution in [3.8, 4) is 11.1 Å². The number of amides is 2. The van der Waals surface area contributed by atoms with Crippen LogP contribution in [0.1, 0.15) is 42.4 Å². The Morgan fingerprint density at radius 3 is 2.11 bits per heavy atom. The Morgan fingerprint density at radius 1 is 0.868 bits per heavy atom. The van der Waals surface area contributed by atoms with Crippen molar-refractivity contribution in [3.63, 3.8) is 0 Å². The summed E-state index contributed by atoms with van der Waals surface area (Å²) in [5.41, 5.74) is 5.39. The van der Waals surface area contributed by atoms with Crippen LogP contribution in [0, 0.1) is 0 Å². The minimum atomic E-state index is -1.06. The lowest BCUT2D eigenvalue weighted by atomic mass is 9.98. The number of hydrogen-bond acceptors (Lipinski definition) is 5. The van der Waals surface area contributed by atoms with E-state index >= 15 is 0 Å². The number of carbonyl (C=O) groups excluding carboxylic acids is 2. The Hall–Kier alpha value is -4.17. The Bertz CT molecular complexity index is 1220. The number of carboxylic acid groups (broad SMARTS) is 1. The quantitative estimate of drug-likeness (QED) is 0.327. The Kier molecular flexibility index (Phi) is 9.11. The second kappa shape index (κ2) is 12.9. The molecule has 0 bridgehead atoms. The number of alkyl carbamates (subject to hydrolysis) is 1. The molecular weight excluding hydrogens is 484 g/mol. The first-order valence-electron chi connectivity index (χ1n) is 12.7. The number of fused-ring (bicyclic) bond motifs is 3. The number of hydrogen-bond donors (Lipinski definition) is 3. The summed E-state index contributed by atoms with van der Waals surface area (Å²) in [6.07, 6.45) is -1.12. The number of benzene rings is 3. The Balaban J connectivity index is 1.32. The third kappa shape index (κ3) is 6.98. The van der Waals surface area contributed by atoms with Gasteiger partial charge in [0.2, 0.25) is 5.91 Å². The van der Waals surface area contributed by atoms with Crippen LogP contribution in [0.5, 0.6) is 0 Å². The summed E-state index contributed by atoms with van der Waals surface area (Å²) in [6.45, 7) is 2.54. The van der Waals surface area contributed by atoms with Gasteiger partial charge in [0.15, 0.2) is 0 Å². The maximum atomic E-state index is 12.9.